The number of hydrogen-bond acceptors (Lipinski definition) is 2. The predicted molar refractivity (Wildman–Crippen MR) is 17.0 cm³/mol. The number of alkyl halides is 3. The number of halogens is 3. The number of hydrogen-bond donors (Lipinski definition) is 2. The van der Waals surface area contributed by atoms with E-state index >= 15 is 0 Å². The molecule has 0 radical (unpaired) electrons. The molecule has 0 heterocycles. The maximum Gasteiger partial charge on any atom is 0.519 e. The minimum absolute atomic E-state index is 0.250. The maximum absolute atomic E-state index is 9.91. The van der Waals surface area contributed by atoms with E-state index in [1.54, 1.807) is 0 Å². The van der Waals surface area contributed by atoms with Crippen LogP contribution in [0.4, 0.5) is 13.2 Å². The summed E-state index contributed by atoms with van der Waals surface area (Å²) in [4.78, 5) is 8.36. The average molecular weight is 132 g/mol. The summed E-state index contributed by atoms with van der Waals surface area (Å²) in [7, 11) is 0. The Kier molecular flexibility index (Phi) is 5.61. The highest BCUT2D eigenvalue weighted by atomic mass is 19.4. The molecule has 0 saturated carbocycles. The van der Waals surface area contributed by atoms with Gasteiger partial charge in [-0.05, 0) is 0 Å². The second-order valence-electron chi connectivity index (χ2n) is 0.573. The van der Waals surface area contributed by atoms with E-state index in [2.05, 4.69) is 0 Å². The van der Waals surface area contributed by atoms with Crippen LogP contribution in [0.5, 0.6) is 0 Å². The van der Waals surface area contributed by atoms with Crippen molar-refractivity contribution in [2.45, 2.75) is 6.36 Å². The zero-order chi connectivity index (χ0) is 7.21. The number of rotatable bonds is 0. The van der Waals surface area contributed by atoms with Gasteiger partial charge in [-0.2, -0.15) is 0 Å². The van der Waals surface area contributed by atoms with Gasteiger partial charge in [0.15, 0.2) is 0 Å². The van der Waals surface area contributed by atoms with E-state index in [1.165, 1.54) is 0 Å². The normalized spacial score (nSPS) is 9.00. The van der Waals surface area contributed by atoms with Gasteiger partial charge in [0.05, 0.1) is 0 Å². The molecule has 0 fully saturated rings. The largest absolute Gasteiger partial charge is 0.519 e. The molecular formula is C2H3F3O3. The van der Waals surface area contributed by atoms with Crippen molar-refractivity contribution in [1.29, 1.82) is 0 Å². The van der Waals surface area contributed by atoms with Crippen LogP contribution in [-0.2, 0) is 4.79 Å². The van der Waals surface area contributed by atoms with Gasteiger partial charge in [-0.25, -0.2) is 0 Å². The second kappa shape index (κ2) is 4.38. The molecule has 0 saturated heterocycles. The molecule has 0 atom stereocenters. The van der Waals surface area contributed by atoms with Gasteiger partial charge in [0.2, 0.25) is 0 Å². The molecule has 0 aliphatic heterocycles. The average Bonchev–Trinajstić information content (AvgIpc) is 1.27. The van der Waals surface area contributed by atoms with Gasteiger partial charge in [-0.3, -0.25) is 4.79 Å². The first-order valence-corrected chi connectivity index (χ1v) is 1.28. The van der Waals surface area contributed by atoms with Crippen LogP contribution in [0.1, 0.15) is 0 Å². The summed E-state index contributed by atoms with van der Waals surface area (Å²) in [5.74, 6) is 0. The van der Waals surface area contributed by atoms with E-state index in [1.807, 2.05) is 0 Å². The molecule has 3 nitrogen and oxygen atoms in total. The molecule has 0 aliphatic carbocycles. The van der Waals surface area contributed by atoms with Crippen LogP contribution in [0, 0.1) is 0 Å². The molecule has 8 heavy (non-hydrogen) atoms. The molecule has 6 heteroatoms. The maximum atomic E-state index is 9.91. The van der Waals surface area contributed by atoms with Gasteiger partial charge >= 0.3 is 6.36 Å². The monoisotopic (exact) mass is 132 g/mol. The molecule has 0 aromatic carbocycles. The standard InChI is InChI=1S/CHF3O.CH2O2/c2-1(3,4)5;2-1-3/h5H;1H,(H,2,3). The Bertz CT molecular complexity index is 52.0. The third-order valence-electron chi connectivity index (χ3n) is 0. The van der Waals surface area contributed by atoms with Crippen molar-refractivity contribution in [2.24, 2.45) is 0 Å². The highest BCUT2D eigenvalue weighted by Gasteiger charge is 2.20. The first kappa shape index (κ1) is 10.3. The fourth-order valence-corrected chi connectivity index (χ4v) is 0. The van der Waals surface area contributed by atoms with Crippen LogP contribution in [0.25, 0.3) is 0 Å². The van der Waals surface area contributed by atoms with Crippen LogP contribution in [0.3, 0.4) is 0 Å². The zero-order valence-electron chi connectivity index (χ0n) is 3.51. The molecule has 0 rings (SSSR count). The van der Waals surface area contributed by atoms with Crippen molar-refractivity contribution in [3.05, 3.63) is 0 Å². The van der Waals surface area contributed by atoms with Crippen LogP contribution in [0.2, 0.25) is 0 Å². The summed E-state index contributed by atoms with van der Waals surface area (Å²) in [5, 5.41) is 13.4. The van der Waals surface area contributed by atoms with E-state index in [0.29, 0.717) is 0 Å². The van der Waals surface area contributed by atoms with Crippen molar-refractivity contribution in [1.82, 2.24) is 0 Å². The van der Waals surface area contributed by atoms with E-state index in [0.717, 1.165) is 0 Å². The van der Waals surface area contributed by atoms with Crippen molar-refractivity contribution in [3.63, 3.8) is 0 Å². The molecule has 0 aliphatic rings. The summed E-state index contributed by atoms with van der Waals surface area (Å²) in [6, 6.07) is 0. The summed E-state index contributed by atoms with van der Waals surface area (Å²) >= 11 is 0. The zero-order valence-corrected chi connectivity index (χ0v) is 3.51. The molecule has 0 aromatic rings. The molecule has 0 spiro atoms. The summed E-state index contributed by atoms with van der Waals surface area (Å²) in [6.45, 7) is -0.250. The Balaban J connectivity index is 0. The fourth-order valence-electron chi connectivity index (χ4n) is 0. The summed E-state index contributed by atoms with van der Waals surface area (Å²) in [6.07, 6.45) is -5.00. The van der Waals surface area contributed by atoms with Gasteiger partial charge in [0.25, 0.3) is 6.47 Å². The van der Waals surface area contributed by atoms with Gasteiger partial charge < -0.3 is 10.2 Å². The highest BCUT2D eigenvalue weighted by molar-refractivity contribution is 5.32. The number of carboxylic acid groups (broad SMARTS) is 1. The lowest BCUT2D eigenvalue weighted by molar-refractivity contribution is -0.295. The molecule has 0 aromatic heterocycles. The lowest BCUT2D eigenvalue weighted by Crippen LogP contribution is -2.01. The quantitative estimate of drug-likeness (QED) is 0.463. The molecule has 0 amide bonds. The Morgan fingerprint density at radius 3 is 1.38 bits per heavy atom. The third-order valence-corrected chi connectivity index (χ3v) is 0. The first-order chi connectivity index (χ1) is 3.41. The van der Waals surface area contributed by atoms with Gasteiger partial charge in [-0.15, -0.1) is 13.2 Å². The molecule has 2 N–H and O–H groups in total. The van der Waals surface area contributed by atoms with Gasteiger partial charge in [-0.1, -0.05) is 0 Å². The molecular weight excluding hydrogens is 129 g/mol. The lowest BCUT2D eigenvalue weighted by Gasteiger charge is -1.86. The second-order valence-corrected chi connectivity index (χ2v) is 0.573. The Morgan fingerprint density at radius 2 is 1.38 bits per heavy atom. The molecule has 50 valence electrons. The first-order valence-electron chi connectivity index (χ1n) is 1.28. The van der Waals surface area contributed by atoms with Crippen molar-refractivity contribution in [3.8, 4) is 0 Å². The van der Waals surface area contributed by atoms with Crippen LogP contribution >= 0.6 is 0 Å². The van der Waals surface area contributed by atoms with Crippen LogP contribution in [0.15, 0.2) is 0 Å². The molecule has 0 unspecified atom stereocenters. The SMILES string of the molecule is O=CO.OC(F)(F)F. The van der Waals surface area contributed by atoms with Gasteiger partial charge in [0.1, 0.15) is 0 Å². The smallest absolute Gasteiger partial charge is 0.483 e. The van der Waals surface area contributed by atoms with Gasteiger partial charge in [0, 0.05) is 0 Å². The van der Waals surface area contributed by atoms with E-state index in [9.17, 15) is 13.2 Å². The topological polar surface area (TPSA) is 57.5 Å². The number of aliphatic hydroxyl groups is 1. The summed E-state index contributed by atoms with van der Waals surface area (Å²) < 4.78 is 29.7. The minimum Gasteiger partial charge on any atom is -0.483 e. The van der Waals surface area contributed by atoms with E-state index in [4.69, 9.17) is 15.0 Å². The van der Waals surface area contributed by atoms with Crippen molar-refractivity contribution < 1.29 is 28.2 Å². The third kappa shape index (κ3) is 153. The number of carbonyl (C=O) groups is 1. The Labute approximate surface area is 42.4 Å². The molecule has 0 bridgehead atoms. The Morgan fingerprint density at radius 1 is 1.38 bits per heavy atom. The van der Waals surface area contributed by atoms with Crippen molar-refractivity contribution in [2.75, 3.05) is 0 Å². The van der Waals surface area contributed by atoms with E-state index < -0.39 is 6.36 Å². The lowest BCUT2D eigenvalue weighted by atomic mass is 11.4. The highest BCUT2D eigenvalue weighted by Crippen LogP contribution is 2.06. The van der Waals surface area contributed by atoms with Crippen LogP contribution in [-0.4, -0.2) is 23.0 Å². The minimum atomic E-state index is -5.00. The summed E-state index contributed by atoms with van der Waals surface area (Å²) in [5.41, 5.74) is 0. The van der Waals surface area contributed by atoms with Crippen LogP contribution < -0.4 is 0 Å². The predicted octanol–water partition coefficient (Wildman–Crippen LogP) is 0.199. The fraction of sp³-hybridized carbons (Fsp3) is 0.500. The van der Waals surface area contributed by atoms with E-state index in [-0.39, 0.29) is 6.47 Å². The van der Waals surface area contributed by atoms with Crippen molar-refractivity contribution >= 4 is 6.47 Å². The Hall–Kier alpha value is -0.780.